The quantitative estimate of drug-likeness (QED) is 0.785. The Bertz CT molecular complexity index is 820. The van der Waals surface area contributed by atoms with Gasteiger partial charge in [0, 0.05) is 11.8 Å². The van der Waals surface area contributed by atoms with E-state index in [0.29, 0.717) is 11.7 Å². The maximum Gasteiger partial charge on any atom is 0.199 e. The van der Waals surface area contributed by atoms with Crippen LogP contribution in [0.25, 0.3) is 0 Å². The van der Waals surface area contributed by atoms with E-state index in [1.165, 1.54) is 25.6 Å². The van der Waals surface area contributed by atoms with Gasteiger partial charge in [-0.3, -0.25) is 4.79 Å². The van der Waals surface area contributed by atoms with Gasteiger partial charge in [0.1, 0.15) is 12.0 Å². The maximum absolute atomic E-state index is 12.6. The number of ketones is 1. The summed E-state index contributed by atoms with van der Waals surface area (Å²) in [7, 11) is -2.08. The fraction of sp³-hybridized carbons (Fsp3) is 0.333. The van der Waals surface area contributed by atoms with Gasteiger partial charge in [0.05, 0.1) is 23.8 Å². The molecule has 0 radical (unpaired) electrons. The van der Waals surface area contributed by atoms with E-state index < -0.39 is 15.6 Å². The van der Waals surface area contributed by atoms with Crippen molar-refractivity contribution in [2.24, 2.45) is 0 Å². The van der Waals surface area contributed by atoms with E-state index in [0.717, 1.165) is 24.7 Å². The third kappa shape index (κ3) is 2.64. The highest BCUT2D eigenvalue weighted by molar-refractivity contribution is 7.90. The van der Waals surface area contributed by atoms with Gasteiger partial charge in [-0.2, -0.15) is 0 Å². The Balaban J connectivity index is 2.22. The molecule has 0 N–H and O–H groups in total. The van der Waals surface area contributed by atoms with Crippen molar-refractivity contribution in [2.45, 2.75) is 23.7 Å². The lowest BCUT2D eigenvalue weighted by Crippen LogP contribution is -2.10. The molecular weight excluding hydrogens is 306 g/mol. The molecular formula is C15H15NO5S. The number of methoxy groups -OCH3 is 1. The topological polar surface area (TPSA) is 86.5 Å². The second kappa shape index (κ2) is 5.24. The van der Waals surface area contributed by atoms with Crippen LogP contribution in [0.3, 0.4) is 0 Å². The van der Waals surface area contributed by atoms with Crippen LogP contribution in [0.2, 0.25) is 0 Å². The lowest BCUT2D eigenvalue weighted by atomic mass is 10.0. The minimum Gasteiger partial charge on any atom is -0.496 e. The largest absolute Gasteiger partial charge is 0.496 e. The summed E-state index contributed by atoms with van der Waals surface area (Å²) in [6.07, 6.45) is 5.57. The Hall–Kier alpha value is -2.15. The summed E-state index contributed by atoms with van der Waals surface area (Å²) in [5.41, 5.74) is 1.22. The minimum absolute atomic E-state index is 0.0417. The summed E-state index contributed by atoms with van der Waals surface area (Å²) in [6.45, 7) is 0. The normalized spacial score (nSPS) is 14.8. The van der Waals surface area contributed by atoms with E-state index in [9.17, 15) is 13.2 Å². The van der Waals surface area contributed by atoms with Crippen molar-refractivity contribution in [3.63, 3.8) is 0 Å². The van der Waals surface area contributed by atoms with Crippen LogP contribution in [0.15, 0.2) is 34.0 Å². The first-order chi connectivity index (χ1) is 10.4. The molecule has 3 rings (SSSR count). The molecule has 1 aliphatic carbocycles. The SMILES string of the molecule is COc1cc(S(C)(=O)=O)c(C(=O)c2cnoc2)cc1C1CC1. The first kappa shape index (κ1) is 14.8. The molecule has 0 atom stereocenters. The van der Waals surface area contributed by atoms with Gasteiger partial charge in [0.2, 0.25) is 0 Å². The van der Waals surface area contributed by atoms with Crippen molar-refractivity contribution in [3.8, 4) is 5.75 Å². The molecule has 1 heterocycles. The number of hydrogen-bond acceptors (Lipinski definition) is 6. The molecule has 116 valence electrons. The molecule has 6 nitrogen and oxygen atoms in total. The molecule has 1 saturated carbocycles. The summed E-state index contributed by atoms with van der Waals surface area (Å²) in [4.78, 5) is 12.5. The third-order valence-corrected chi connectivity index (χ3v) is 4.82. The van der Waals surface area contributed by atoms with E-state index >= 15 is 0 Å². The Morgan fingerprint density at radius 2 is 2.09 bits per heavy atom. The van der Waals surface area contributed by atoms with Gasteiger partial charge < -0.3 is 9.26 Å². The zero-order valence-corrected chi connectivity index (χ0v) is 13.0. The Morgan fingerprint density at radius 3 is 2.59 bits per heavy atom. The van der Waals surface area contributed by atoms with E-state index in [-0.39, 0.29) is 16.0 Å². The van der Waals surface area contributed by atoms with Crippen LogP contribution in [-0.4, -0.2) is 32.7 Å². The van der Waals surface area contributed by atoms with Crippen LogP contribution >= 0.6 is 0 Å². The summed E-state index contributed by atoms with van der Waals surface area (Å²) >= 11 is 0. The fourth-order valence-corrected chi connectivity index (χ4v) is 3.30. The summed E-state index contributed by atoms with van der Waals surface area (Å²) in [5.74, 6) is 0.397. The van der Waals surface area contributed by atoms with Gasteiger partial charge in [-0.15, -0.1) is 0 Å². The Morgan fingerprint density at radius 1 is 1.36 bits per heavy atom. The minimum atomic E-state index is -3.58. The maximum atomic E-state index is 12.6. The zero-order chi connectivity index (χ0) is 15.9. The summed E-state index contributed by atoms with van der Waals surface area (Å²) in [5, 5.41) is 3.49. The number of ether oxygens (including phenoxy) is 1. The van der Waals surface area contributed by atoms with Gasteiger partial charge >= 0.3 is 0 Å². The van der Waals surface area contributed by atoms with Crippen molar-refractivity contribution < 1.29 is 22.5 Å². The average molecular weight is 321 g/mol. The van der Waals surface area contributed by atoms with Crippen LogP contribution in [0.4, 0.5) is 0 Å². The predicted octanol–water partition coefficient (Wildman–Crippen LogP) is 2.20. The van der Waals surface area contributed by atoms with Gasteiger partial charge in [-0.05, 0) is 36.5 Å². The van der Waals surface area contributed by atoms with E-state index in [1.807, 2.05) is 0 Å². The Kier molecular flexibility index (Phi) is 3.52. The van der Waals surface area contributed by atoms with Crippen LogP contribution in [0.1, 0.15) is 40.2 Å². The van der Waals surface area contributed by atoms with Crippen LogP contribution in [0.5, 0.6) is 5.75 Å². The number of carbonyl (C=O) groups excluding carboxylic acids is 1. The molecule has 0 spiro atoms. The van der Waals surface area contributed by atoms with Crippen LogP contribution in [0, 0.1) is 0 Å². The van der Waals surface area contributed by atoms with Gasteiger partial charge in [-0.1, -0.05) is 5.16 Å². The lowest BCUT2D eigenvalue weighted by Gasteiger charge is -2.13. The number of aromatic nitrogens is 1. The van der Waals surface area contributed by atoms with E-state index in [2.05, 4.69) is 9.68 Å². The molecule has 0 aliphatic heterocycles. The third-order valence-electron chi connectivity index (χ3n) is 3.69. The highest BCUT2D eigenvalue weighted by Gasteiger charge is 2.31. The van der Waals surface area contributed by atoms with Gasteiger partial charge in [-0.25, -0.2) is 8.42 Å². The molecule has 7 heteroatoms. The second-order valence-electron chi connectivity index (χ2n) is 5.38. The molecule has 1 aromatic heterocycles. The molecule has 0 saturated heterocycles. The van der Waals surface area contributed by atoms with Crippen LogP contribution in [-0.2, 0) is 9.84 Å². The molecule has 1 fully saturated rings. The van der Waals surface area contributed by atoms with Gasteiger partial charge in [0.15, 0.2) is 15.6 Å². The molecule has 22 heavy (non-hydrogen) atoms. The van der Waals surface area contributed by atoms with Crippen molar-refractivity contribution >= 4 is 15.6 Å². The summed E-state index contributed by atoms with van der Waals surface area (Å²) in [6, 6.07) is 3.06. The van der Waals surface area contributed by atoms with Crippen molar-refractivity contribution in [3.05, 3.63) is 41.3 Å². The van der Waals surface area contributed by atoms with Crippen molar-refractivity contribution in [1.82, 2.24) is 5.16 Å². The standard InChI is InChI=1S/C15H15NO5S/c1-20-13-6-14(22(2,18)19)12(5-11(13)9-3-4-9)15(17)10-7-16-21-8-10/h5-9H,3-4H2,1-2H3. The monoisotopic (exact) mass is 321 g/mol. The number of benzene rings is 1. The van der Waals surface area contributed by atoms with E-state index in [4.69, 9.17) is 4.74 Å². The number of nitrogens with zero attached hydrogens (tertiary/aromatic N) is 1. The van der Waals surface area contributed by atoms with Crippen molar-refractivity contribution in [2.75, 3.05) is 13.4 Å². The first-order valence-electron chi connectivity index (χ1n) is 6.78. The van der Waals surface area contributed by atoms with Gasteiger partial charge in [0.25, 0.3) is 0 Å². The number of rotatable bonds is 5. The second-order valence-corrected chi connectivity index (χ2v) is 7.36. The molecule has 2 aromatic rings. The molecule has 1 aliphatic rings. The highest BCUT2D eigenvalue weighted by atomic mass is 32.2. The molecule has 0 amide bonds. The van der Waals surface area contributed by atoms with E-state index in [1.54, 1.807) is 6.07 Å². The van der Waals surface area contributed by atoms with Crippen LogP contribution < -0.4 is 4.74 Å². The first-order valence-corrected chi connectivity index (χ1v) is 8.67. The molecule has 1 aromatic carbocycles. The molecule has 0 bridgehead atoms. The average Bonchev–Trinajstić information content (AvgIpc) is 3.18. The number of hydrogen-bond donors (Lipinski definition) is 0. The smallest absolute Gasteiger partial charge is 0.199 e. The predicted molar refractivity (Wildman–Crippen MR) is 78.0 cm³/mol. The molecule has 0 unspecified atom stereocenters. The highest BCUT2D eigenvalue weighted by Crippen LogP contribution is 2.45. The number of sulfone groups is 1. The lowest BCUT2D eigenvalue weighted by molar-refractivity contribution is 0.103. The summed E-state index contributed by atoms with van der Waals surface area (Å²) < 4.78 is 34.1. The number of carbonyl (C=O) groups is 1. The van der Waals surface area contributed by atoms with Crippen molar-refractivity contribution in [1.29, 1.82) is 0 Å². The fourth-order valence-electron chi connectivity index (χ4n) is 2.42. The Labute approximate surface area is 128 Å². The zero-order valence-electron chi connectivity index (χ0n) is 12.2.